The van der Waals surface area contributed by atoms with Gasteiger partial charge >= 0.3 is 0 Å². The van der Waals surface area contributed by atoms with Crippen LogP contribution in [0.15, 0.2) is 12.2 Å². The van der Waals surface area contributed by atoms with E-state index in [2.05, 4.69) is 10.6 Å². The SMILES string of the molecule is NC/C=C/CNC(=O)[C@@H]1CCC(=O)N1. The molecule has 0 aromatic rings. The molecule has 0 bridgehead atoms. The second-order valence-electron chi connectivity index (χ2n) is 3.11. The molecular weight excluding hydrogens is 182 g/mol. The lowest BCUT2D eigenvalue weighted by Gasteiger charge is -2.08. The van der Waals surface area contributed by atoms with Crippen molar-refractivity contribution in [3.8, 4) is 0 Å². The Morgan fingerprint density at radius 3 is 3.00 bits per heavy atom. The number of nitrogens with one attached hydrogen (secondary N) is 2. The van der Waals surface area contributed by atoms with E-state index in [9.17, 15) is 9.59 Å². The van der Waals surface area contributed by atoms with Crippen LogP contribution in [0.2, 0.25) is 0 Å². The predicted octanol–water partition coefficient (Wildman–Crippen LogP) is -1.10. The molecule has 0 aliphatic carbocycles. The Morgan fingerprint density at radius 2 is 2.43 bits per heavy atom. The van der Waals surface area contributed by atoms with Gasteiger partial charge in [-0.1, -0.05) is 12.2 Å². The Labute approximate surface area is 82.7 Å². The maximum Gasteiger partial charge on any atom is 0.242 e. The monoisotopic (exact) mass is 197 g/mol. The first-order chi connectivity index (χ1) is 6.74. The number of carbonyl (C=O) groups is 2. The highest BCUT2D eigenvalue weighted by Gasteiger charge is 2.26. The molecule has 1 aliphatic rings. The number of carbonyl (C=O) groups excluding carboxylic acids is 2. The zero-order valence-electron chi connectivity index (χ0n) is 7.95. The summed E-state index contributed by atoms with van der Waals surface area (Å²) < 4.78 is 0. The summed E-state index contributed by atoms with van der Waals surface area (Å²) in [4.78, 5) is 22.2. The molecule has 0 saturated carbocycles. The Bertz CT molecular complexity index is 250. The third kappa shape index (κ3) is 3.18. The average molecular weight is 197 g/mol. The molecule has 1 rings (SSSR count). The molecule has 1 aliphatic heterocycles. The van der Waals surface area contributed by atoms with Crippen molar-refractivity contribution in [1.82, 2.24) is 10.6 Å². The zero-order chi connectivity index (χ0) is 10.4. The van der Waals surface area contributed by atoms with Crippen LogP contribution >= 0.6 is 0 Å². The van der Waals surface area contributed by atoms with Gasteiger partial charge in [0.05, 0.1) is 0 Å². The molecule has 4 N–H and O–H groups in total. The first-order valence-corrected chi connectivity index (χ1v) is 4.66. The number of rotatable bonds is 4. The van der Waals surface area contributed by atoms with E-state index in [1.807, 2.05) is 0 Å². The second kappa shape index (κ2) is 5.39. The molecule has 2 amide bonds. The minimum Gasteiger partial charge on any atom is -0.351 e. The zero-order valence-corrected chi connectivity index (χ0v) is 7.95. The van der Waals surface area contributed by atoms with Gasteiger partial charge in [0.15, 0.2) is 0 Å². The fourth-order valence-electron chi connectivity index (χ4n) is 1.27. The van der Waals surface area contributed by atoms with Gasteiger partial charge in [-0.2, -0.15) is 0 Å². The minimum atomic E-state index is -0.353. The van der Waals surface area contributed by atoms with Gasteiger partial charge in [0, 0.05) is 19.5 Å². The molecule has 5 nitrogen and oxygen atoms in total. The van der Waals surface area contributed by atoms with E-state index in [0.717, 1.165) is 0 Å². The molecule has 1 heterocycles. The topological polar surface area (TPSA) is 84.2 Å². The summed E-state index contributed by atoms with van der Waals surface area (Å²) in [6.45, 7) is 0.929. The van der Waals surface area contributed by atoms with Crippen molar-refractivity contribution < 1.29 is 9.59 Å². The van der Waals surface area contributed by atoms with E-state index in [1.54, 1.807) is 12.2 Å². The summed E-state index contributed by atoms with van der Waals surface area (Å²) in [6, 6.07) is -0.353. The van der Waals surface area contributed by atoms with Crippen molar-refractivity contribution in [2.24, 2.45) is 5.73 Å². The van der Waals surface area contributed by atoms with Crippen LogP contribution in [0, 0.1) is 0 Å². The molecule has 78 valence electrons. The Balaban J connectivity index is 2.22. The summed E-state index contributed by atoms with van der Waals surface area (Å²) in [6.07, 6.45) is 4.59. The highest BCUT2D eigenvalue weighted by atomic mass is 16.2. The largest absolute Gasteiger partial charge is 0.351 e. The summed E-state index contributed by atoms with van der Waals surface area (Å²) in [5.74, 6) is -0.180. The van der Waals surface area contributed by atoms with Crippen molar-refractivity contribution >= 4 is 11.8 Å². The number of nitrogens with two attached hydrogens (primary N) is 1. The number of hydrogen-bond donors (Lipinski definition) is 3. The van der Waals surface area contributed by atoms with E-state index < -0.39 is 0 Å². The van der Waals surface area contributed by atoms with Crippen LogP contribution in [0.5, 0.6) is 0 Å². The number of amides is 2. The molecule has 5 heteroatoms. The van der Waals surface area contributed by atoms with Crippen molar-refractivity contribution in [1.29, 1.82) is 0 Å². The standard InChI is InChI=1S/C9H15N3O2/c10-5-1-2-6-11-9(14)7-3-4-8(13)12-7/h1-2,7H,3-6,10H2,(H,11,14)(H,12,13)/b2-1+/t7-/m0/s1. The molecule has 1 saturated heterocycles. The Hall–Kier alpha value is -1.36. The van der Waals surface area contributed by atoms with Gasteiger partial charge in [0.1, 0.15) is 6.04 Å². The third-order valence-corrected chi connectivity index (χ3v) is 2.01. The summed E-state index contributed by atoms with van der Waals surface area (Å²) in [5.41, 5.74) is 5.23. The van der Waals surface area contributed by atoms with Gasteiger partial charge in [-0.05, 0) is 6.42 Å². The van der Waals surface area contributed by atoms with Crippen LogP contribution in [0.1, 0.15) is 12.8 Å². The fraction of sp³-hybridized carbons (Fsp3) is 0.556. The van der Waals surface area contributed by atoms with Crippen molar-refractivity contribution in [2.75, 3.05) is 13.1 Å². The quantitative estimate of drug-likeness (QED) is 0.500. The van der Waals surface area contributed by atoms with Gasteiger partial charge in [-0.3, -0.25) is 9.59 Å². The molecule has 1 atom stereocenters. The van der Waals surface area contributed by atoms with Gasteiger partial charge in [0.2, 0.25) is 11.8 Å². The second-order valence-corrected chi connectivity index (χ2v) is 3.11. The number of hydrogen-bond acceptors (Lipinski definition) is 3. The van der Waals surface area contributed by atoms with Gasteiger partial charge in [-0.15, -0.1) is 0 Å². The van der Waals surface area contributed by atoms with E-state index in [4.69, 9.17) is 5.73 Å². The molecule has 14 heavy (non-hydrogen) atoms. The van der Waals surface area contributed by atoms with Gasteiger partial charge < -0.3 is 16.4 Å². The Kier molecular flexibility index (Phi) is 4.12. The maximum atomic E-state index is 11.4. The summed E-state index contributed by atoms with van der Waals surface area (Å²) in [7, 11) is 0. The molecule has 0 unspecified atom stereocenters. The lowest BCUT2D eigenvalue weighted by Crippen LogP contribution is -2.41. The smallest absolute Gasteiger partial charge is 0.242 e. The van der Waals surface area contributed by atoms with Crippen molar-refractivity contribution in [3.05, 3.63) is 12.2 Å². The fourth-order valence-corrected chi connectivity index (χ4v) is 1.27. The molecule has 0 spiro atoms. The maximum absolute atomic E-state index is 11.4. The third-order valence-electron chi connectivity index (χ3n) is 2.01. The molecular formula is C9H15N3O2. The van der Waals surface area contributed by atoms with Crippen LogP contribution in [0.4, 0.5) is 0 Å². The highest BCUT2D eigenvalue weighted by Crippen LogP contribution is 2.05. The van der Waals surface area contributed by atoms with Crippen LogP contribution in [0.25, 0.3) is 0 Å². The summed E-state index contributed by atoms with van der Waals surface area (Å²) >= 11 is 0. The van der Waals surface area contributed by atoms with E-state index in [0.29, 0.717) is 25.9 Å². The van der Waals surface area contributed by atoms with E-state index in [1.165, 1.54) is 0 Å². The van der Waals surface area contributed by atoms with Crippen LogP contribution in [-0.2, 0) is 9.59 Å². The normalized spacial score (nSPS) is 21.2. The predicted molar refractivity (Wildman–Crippen MR) is 52.4 cm³/mol. The molecule has 0 aromatic heterocycles. The van der Waals surface area contributed by atoms with Crippen molar-refractivity contribution in [2.45, 2.75) is 18.9 Å². The van der Waals surface area contributed by atoms with Gasteiger partial charge in [0.25, 0.3) is 0 Å². The molecule has 0 aromatic carbocycles. The van der Waals surface area contributed by atoms with E-state index >= 15 is 0 Å². The van der Waals surface area contributed by atoms with Crippen LogP contribution < -0.4 is 16.4 Å². The Morgan fingerprint density at radius 1 is 1.64 bits per heavy atom. The summed E-state index contributed by atoms with van der Waals surface area (Å²) in [5, 5.41) is 5.28. The first kappa shape index (κ1) is 10.7. The first-order valence-electron chi connectivity index (χ1n) is 4.66. The molecule has 1 fully saturated rings. The molecule has 0 radical (unpaired) electrons. The van der Waals surface area contributed by atoms with Gasteiger partial charge in [-0.25, -0.2) is 0 Å². The minimum absolute atomic E-state index is 0.0531. The lowest BCUT2D eigenvalue weighted by atomic mass is 10.2. The van der Waals surface area contributed by atoms with E-state index in [-0.39, 0.29) is 17.9 Å². The van der Waals surface area contributed by atoms with Crippen LogP contribution in [0.3, 0.4) is 0 Å². The van der Waals surface area contributed by atoms with Crippen molar-refractivity contribution in [3.63, 3.8) is 0 Å². The highest BCUT2D eigenvalue weighted by molar-refractivity contribution is 5.90. The lowest BCUT2D eigenvalue weighted by molar-refractivity contribution is -0.125. The van der Waals surface area contributed by atoms with Crippen LogP contribution in [-0.4, -0.2) is 30.9 Å². The average Bonchev–Trinajstić information content (AvgIpc) is 2.59.